The van der Waals surface area contributed by atoms with Gasteiger partial charge in [-0.3, -0.25) is 9.59 Å². The van der Waals surface area contributed by atoms with Crippen LogP contribution in [-0.2, 0) is 9.59 Å². The first kappa shape index (κ1) is 10.9. The normalized spacial score (nSPS) is 12.4. The van der Waals surface area contributed by atoms with E-state index < -0.39 is 12.0 Å². The lowest BCUT2D eigenvalue weighted by Gasteiger charge is -2.04. The summed E-state index contributed by atoms with van der Waals surface area (Å²) in [5, 5.41) is 8.37. The lowest BCUT2D eigenvalue weighted by atomic mass is 10.1. The van der Waals surface area contributed by atoms with Gasteiger partial charge >= 0.3 is 5.97 Å². The Balaban J connectivity index is 3.31. The molecule has 0 aliphatic carbocycles. The minimum absolute atomic E-state index is 0.298. The van der Waals surface area contributed by atoms with Crippen molar-refractivity contribution < 1.29 is 14.7 Å². The Morgan fingerprint density at radius 1 is 1.33 bits per heavy atom. The molecule has 1 atom stereocenters. The summed E-state index contributed by atoms with van der Waals surface area (Å²) in [6.07, 6.45) is 1.92. The molecule has 0 fully saturated rings. The van der Waals surface area contributed by atoms with E-state index in [1.807, 2.05) is 0 Å². The molecule has 0 aromatic heterocycles. The highest BCUT2D eigenvalue weighted by atomic mass is 16.4. The van der Waals surface area contributed by atoms with E-state index in [1.54, 1.807) is 0 Å². The fourth-order valence-corrected chi connectivity index (χ4v) is 0.787. The van der Waals surface area contributed by atoms with Crippen LogP contribution in [0.1, 0.15) is 25.7 Å². The molecule has 5 nitrogen and oxygen atoms in total. The molecule has 12 heavy (non-hydrogen) atoms. The maximum Gasteiger partial charge on any atom is 0.320 e. The fraction of sp³-hybridized carbons (Fsp3) is 0.714. The van der Waals surface area contributed by atoms with Crippen molar-refractivity contribution in [3.63, 3.8) is 0 Å². The molecule has 0 spiro atoms. The van der Waals surface area contributed by atoms with Gasteiger partial charge in [0.15, 0.2) is 0 Å². The van der Waals surface area contributed by atoms with Crippen LogP contribution in [0.5, 0.6) is 0 Å². The number of nitrogens with two attached hydrogens (primary N) is 2. The number of carboxylic acids is 1. The first-order valence-electron chi connectivity index (χ1n) is 3.80. The number of unbranched alkanes of at least 4 members (excludes halogenated alkanes) is 1. The number of carbonyl (C=O) groups excluding carboxylic acids is 1. The van der Waals surface area contributed by atoms with Crippen LogP contribution in [0.25, 0.3) is 0 Å². The van der Waals surface area contributed by atoms with Crippen molar-refractivity contribution in [2.24, 2.45) is 11.5 Å². The molecule has 0 radical (unpaired) electrons. The summed E-state index contributed by atoms with van der Waals surface area (Å²) in [4.78, 5) is 20.5. The molecule has 1 amide bonds. The highest BCUT2D eigenvalue weighted by Crippen LogP contribution is 2.01. The summed E-state index contributed by atoms with van der Waals surface area (Å²) in [6, 6.07) is -0.821. The van der Waals surface area contributed by atoms with Crippen molar-refractivity contribution >= 4 is 11.9 Å². The zero-order valence-corrected chi connectivity index (χ0v) is 6.82. The van der Waals surface area contributed by atoms with Crippen molar-refractivity contribution in [3.05, 3.63) is 0 Å². The Bertz CT molecular complexity index is 170. The zero-order chi connectivity index (χ0) is 9.56. The first-order valence-corrected chi connectivity index (χ1v) is 3.80. The smallest absolute Gasteiger partial charge is 0.320 e. The van der Waals surface area contributed by atoms with E-state index in [0.717, 1.165) is 0 Å². The minimum atomic E-state index is -1.01. The average molecular weight is 174 g/mol. The Kier molecular flexibility index (Phi) is 5.03. The third-order valence-electron chi connectivity index (χ3n) is 1.51. The second-order valence-corrected chi connectivity index (χ2v) is 2.66. The monoisotopic (exact) mass is 174 g/mol. The van der Waals surface area contributed by atoms with E-state index in [0.29, 0.717) is 25.7 Å². The van der Waals surface area contributed by atoms with Crippen LogP contribution < -0.4 is 11.5 Å². The van der Waals surface area contributed by atoms with Crippen LogP contribution in [0, 0.1) is 0 Å². The van der Waals surface area contributed by atoms with E-state index in [1.165, 1.54) is 0 Å². The number of carbonyl (C=O) groups is 2. The van der Waals surface area contributed by atoms with Gasteiger partial charge in [0.05, 0.1) is 0 Å². The molecule has 0 rings (SSSR count). The number of rotatable bonds is 6. The van der Waals surface area contributed by atoms with Crippen LogP contribution in [-0.4, -0.2) is 23.0 Å². The summed E-state index contributed by atoms with van der Waals surface area (Å²) in [5.41, 5.74) is 10.1. The van der Waals surface area contributed by atoms with Crippen LogP contribution in [0.15, 0.2) is 0 Å². The van der Waals surface area contributed by atoms with Gasteiger partial charge in [-0.05, 0) is 12.8 Å². The molecule has 5 N–H and O–H groups in total. The topological polar surface area (TPSA) is 106 Å². The Morgan fingerprint density at radius 2 is 1.92 bits per heavy atom. The average Bonchev–Trinajstić information content (AvgIpc) is 1.97. The third-order valence-corrected chi connectivity index (χ3v) is 1.51. The molecule has 0 heterocycles. The van der Waals surface area contributed by atoms with Gasteiger partial charge in [0, 0.05) is 6.42 Å². The SMILES string of the molecule is NC(=O)CCCC[C@@H](N)C(=O)O. The van der Waals surface area contributed by atoms with E-state index >= 15 is 0 Å². The quantitative estimate of drug-likeness (QED) is 0.469. The molecular weight excluding hydrogens is 160 g/mol. The van der Waals surface area contributed by atoms with E-state index in [2.05, 4.69) is 0 Å². The highest BCUT2D eigenvalue weighted by Gasteiger charge is 2.09. The zero-order valence-electron chi connectivity index (χ0n) is 6.82. The number of carboxylic acid groups (broad SMARTS) is 1. The first-order chi connectivity index (χ1) is 5.54. The standard InChI is InChI=1S/C7H14N2O3/c8-5(7(11)12)3-1-2-4-6(9)10/h5H,1-4,8H2,(H2,9,10)(H,11,12)/t5-/m1/s1. The molecule has 0 aromatic rings. The minimum Gasteiger partial charge on any atom is -0.480 e. The molecule has 0 unspecified atom stereocenters. The summed E-state index contributed by atoms with van der Waals surface area (Å²) in [5.74, 6) is -1.37. The molecule has 0 bridgehead atoms. The summed E-state index contributed by atoms with van der Waals surface area (Å²) in [7, 11) is 0. The number of aliphatic carboxylic acids is 1. The Morgan fingerprint density at radius 3 is 2.33 bits per heavy atom. The van der Waals surface area contributed by atoms with Gasteiger partial charge in [-0.2, -0.15) is 0 Å². The molecule has 0 aromatic carbocycles. The molecule has 5 heteroatoms. The molecule has 0 saturated carbocycles. The van der Waals surface area contributed by atoms with Crippen LogP contribution in [0.3, 0.4) is 0 Å². The number of primary amides is 1. The Hall–Kier alpha value is -1.10. The molecule has 0 aliphatic rings. The largest absolute Gasteiger partial charge is 0.480 e. The van der Waals surface area contributed by atoms with E-state index in [-0.39, 0.29) is 5.91 Å². The van der Waals surface area contributed by atoms with Gasteiger partial charge in [0.2, 0.25) is 5.91 Å². The highest BCUT2D eigenvalue weighted by molar-refractivity contribution is 5.74. The van der Waals surface area contributed by atoms with Gasteiger partial charge in [-0.1, -0.05) is 6.42 Å². The van der Waals surface area contributed by atoms with Crippen molar-refractivity contribution in [2.45, 2.75) is 31.7 Å². The van der Waals surface area contributed by atoms with Crippen molar-refractivity contribution in [1.29, 1.82) is 0 Å². The van der Waals surface area contributed by atoms with Gasteiger partial charge in [-0.15, -0.1) is 0 Å². The van der Waals surface area contributed by atoms with Crippen LogP contribution in [0.4, 0.5) is 0 Å². The summed E-state index contributed by atoms with van der Waals surface area (Å²) in [6.45, 7) is 0. The van der Waals surface area contributed by atoms with Crippen molar-refractivity contribution in [2.75, 3.05) is 0 Å². The molecule has 70 valence electrons. The van der Waals surface area contributed by atoms with Crippen LogP contribution >= 0.6 is 0 Å². The van der Waals surface area contributed by atoms with Crippen LogP contribution in [0.2, 0.25) is 0 Å². The van der Waals surface area contributed by atoms with Gasteiger partial charge in [0.25, 0.3) is 0 Å². The van der Waals surface area contributed by atoms with E-state index in [9.17, 15) is 9.59 Å². The number of hydrogen-bond donors (Lipinski definition) is 3. The lowest BCUT2D eigenvalue weighted by Crippen LogP contribution is -2.29. The number of hydrogen-bond acceptors (Lipinski definition) is 3. The maximum atomic E-state index is 10.3. The third kappa shape index (κ3) is 5.67. The fourth-order valence-electron chi connectivity index (χ4n) is 0.787. The van der Waals surface area contributed by atoms with Gasteiger partial charge in [-0.25, -0.2) is 0 Å². The maximum absolute atomic E-state index is 10.3. The van der Waals surface area contributed by atoms with Gasteiger partial charge < -0.3 is 16.6 Å². The summed E-state index contributed by atoms with van der Waals surface area (Å²) < 4.78 is 0. The predicted molar refractivity (Wildman–Crippen MR) is 43.3 cm³/mol. The second kappa shape index (κ2) is 5.54. The molecule has 0 saturated heterocycles. The second-order valence-electron chi connectivity index (χ2n) is 2.66. The summed E-state index contributed by atoms with van der Waals surface area (Å²) >= 11 is 0. The van der Waals surface area contributed by atoms with Crippen molar-refractivity contribution in [1.82, 2.24) is 0 Å². The predicted octanol–water partition coefficient (Wildman–Crippen LogP) is -0.556. The van der Waals surface area contributed by atoms with Crippen molar-refractivity contribution in [3.8, 4) is 0 Å². The van der Waals surface area contributed by atoms with E-state index in [4.69, 9.17) is 16.6 Å². The Labute approximate surface area is 70.7 Å². The molecule has 0 aliphatic heterocycles. The number of amides is 1. The lowest BCUT2D eigenvalue weighted by molar-refractivity contribution is -0.138. The molecular formula is C7H14N2O3. The van der Waals surface area contributed by atoms with Gasteiger partial charge in [0.1, 0.15) is 6.04 Å².